The Balaban J connectivity index is 2.48. The molecule has 0 bridgehead atoms. The third-order valence-corrected chi connectivity index (χ3v) is 3.52. The van der Waals surface area contributed by atoms with E-state index >= 15 is 0 Å². The molecule has 0 aliphatic carbocycles. The molecule has 1 heterocycles. The lowest BCUT2D eigenvalue weighted by molar-refractivity contribution is -0.114. The first kappa shape index (κ1) is 15.9. The number of terminal acetylenes is 1. The van der Waals surface area contributed by atoms with Gasteiger partial charge in [-0.1, -0.05) is 12.5 Å². The maximum atomic E-state index is 12.1. The zero-order chi connectivity index (χ0) is 17.0. The third-order valence-electron chi connectivity index (χ3n) is 3.52. The highest BCUT2D eigenvalue weighted by atomic mass is 16.1. The maximum absolute atomic E-state index is 12.1. The molecule has 1 aromatic rings. The van der Waals surface area contributed by atoms with Gasteiger partial charge in [0.2, 0.25) is 0 Å². The number of anilines is 1. The number of benzene rings is 1. The van der Waals surface area contributed by atoms with Crippen LogP contribution in [0.3, 0.4) is 0 Å². The minimum Gasteiger partial charge on any atom is -0.325 e. The average Bonchev–Trinajstić information content (AvgIpc) is 2.91. The van der Waals surface area contributed by atoms with Crippen LogP contribution in [-0.4, -0.2) is 12.5 Å². The Morgan fingerprint density at radius 2 is 2.09 bits per heavy atom. The minimum atomic E-state index is -0.315. The second kappa shape index (κ2) is 6.52. The molecule has 1 aliphatic rings. The van der Waals surface area contributed by atoms with Gasteiger partial charge in [-0.3, -0.25) is 4.79 Å². The van der Waals surface area contributed by atoms with E-state index < -0.39 is 0 Å². The van der Waals surface area contributed by atoms with Crippen molar-refractivity contribution < 1.29 is 4.79 Å². The number of carbonyl (C=O) groups is 1. The largest absolute Gasteiger partial charge is 0.542 e. The van der Waals surface area contributed by atoms with E-state index in [2.05, 4.69) is 21.1 Å². The SMILES string of the molecule is [C-]#[N+]C([N+]#[C-])=C1C=C(c2ccc(N(C#C)CC)cc2C)C(=O)N1. The summed E-state index contributed by atoms with van der Waals surface area (Å²) in [6, 6.07) is 8.19. The van der Waals surface area contributed by atoms with E-state index in [9.17, 15) is 4.79 Å². The molecule has 0 radical (unpaired) electrons. The summed E-state index contributed by atoms with van der Waals surface area (Å²) in [5.41, 5.74) is 3.22. The number of allylic oxidation sites excluding steroid dienone is 1. The van der Waals surface area contributed by atoms with Gasteiger partial charge < -0.3 is 10.2 Å². The molecule has 1 N–H and O–H groups in total. The number of nitrogens with one attached hydrogen (secondary N) is 1. The Bertz CT molecular complexity index is 840. The highest BCUT2D eigenvalue weighted by Crippen LogP contribution is 2.29. The number of hydrogen-bond donors (Lipinski definition) is 1. The summed E-state index contributed by atoms with van der Waals surface area (Å²) in [7, 11) is 0. The summed E-state index contributed by atoms with van der Waals surface area (Å²) in [5.74, 6) is -0.461. The number of aryl methyl sites for hydroxylation is 1. The van der Waals surface area contributed by atoms with Crippen LogP contribution < -0.4 is 10.2 Å². The highest BCUT2D eigenvalue weighted by Gasteiger charge is 2.27. The zero-order valence-corrected chi connectivity index (χ0v) is 12.8. The molecule has 5 heteroatoms. The van der Waals surface area contributed by atoms with Gasteiger partial charge in [-0.05, 0) is 43.2 Å². The lowest BCUT2D eigenvalue weighted by Gasteiger charge is -2.17. The molecule has 23 heavy (non-hydrogen) atoms. The summed E-state index contributed by atoms with van der Waals surface area (Å²) in [6.45, 7) is 18.5. The molecule has 0 saturated carbocycles. The number of hydrogen-bond acceptors (Lipinski definition) is 2. The van der Waals surface area contributed by atoms with Crippen LogP contribution in [0.5, 0.6) is 0 Å². The van der Waals surface area contributed by atoms with Gasteiger partial charge in [0.15, 0.2) is 0 Å². The van der Waals surface area contributed by atoms with E-state index in [1.165, 1.54) is 0 Å². The lowest BCUT2D eigenvalue weighted by Crippen LogP contribution is -2.17. The van der Waals surface area contributed by atoms with E-state index in [1.54, 1.807) is 11.0 Å². The van der Waals surface area contributed by atoms with E-state index in [-0.39, 0.29) is 17.4 Å². The molecule has 0 atom stereocenters. The van der Waals surface area contributed by atoms with Crippen LogP contribution in [0.2, 0.25) is 0 Å². The molecule has 2 rings (SSSR count). The fourth-order valence-electron chi connectivity index (χ4n) is 2.37. The molecule has 1 aliphatic heterocycles. The van der Waals surface area contributed by atoms with Crippen LogP contribution in [0.1, 0.15) is 18.1 Å². The molecule has 1 amide bonds. The van der Waals surface area contributed by atoms with Gasteiger partial charge in [-0.2, -0.15) is 9.69 Å². The van der Waals surface area contributed by atoms with Crippen LogP contribution in [0.4, 0.5) is 5.69 Å². The molecular formula is C18H14N4O. The van der Waals surface area contributed by atoms with Crippen molar-refractivity contribution in [3.05, 3.63) is 69.8 Å². The Morgan fingerprint density at radius 1 is 1.39 bits per heavy atom. The molecule has 0 spiro atoms. The van der Waals surface area contributed by atoms with Gasteiger partial charge in [0, 0.05) is 23.8 Å². The topological polar surface area (TPSA) is 41.1 Å². The average molecular weight is 302 g/mol. The van der Waals surface area contributed by atoms with E-state index in [1.807, 2.05) is 32.0 Å². The van der Waals surface area contributed by atoms with Crippen molar-refractivity contribution in [3.8, 4) is 12.5 Å². The third kappa shape index (κ3) is 2.93. The Kier molecular flexibility index (Phi) is 4.50. The Morgan fingerprint density at radius 3 is 2.61 bits per heavy atom. The summed E-state index contributed by atoms with van der Waals surface area (Å²) >= 11 is 0. The van der Waals surface area contributed by atoms with Crippen molar-refractivity contribution >= 4 is 17.2 Å². The minimum absolute atomic E-state index is 0.146. The van der Waals surface area contributed by atoms with Crippen LogP contribution in [-0.2, 0) is 4.79 Å². The van der Waals surface area contributed by atoms with Crippen LogP contribution in [0.15, 0.2) is 35.8 Å². The van der Waals surface area contributed by atoms with E-state index in [0.717, 1.165) is 16.8 Å². The number of rotatable bonds is 3. The first-order valence-corrected chi connectivity index (χ1v) is 6.92. The van der Waals surface area contributed by atoms with Gasteiger partial charge in [0.25, 0.3) is 5.91 Å². The fourth-order valence-corrected chi connectivity index (χ4v) is 2.37. The zero-order valence-electron chi connectivity index (χ0n) is 12.8. The molecule has 0 saturated heterocycles. The Hall–Kier alpha value is -3.49. The van der Waals surface area contributed by atoms with Gasteiger partial charge in [0.1, 0.15) is 18.8 Å². The fraction of sp³-hybridized carbons (Fsp3) is 0.167. The summed E-state index contributed by atoms with van der Waals surface area (Å²) in [6.07, 6.45) is 7.02. The van der Waals surface area contributed by atoms with Crippen molar-refractivity contribution in [2.75, 3.05) is 11.4 Å². The Labute approximate surface area is 135 Å². The maximum Gasteiger partial charge on any atom is 0.542 e. The van der Waals surface area contributed by atoms with Gasteiger partial charge in [0.05, 0.1) is 0 Å². The van der Waals surface area contributed by atoms with Crippen molar-refractivity contribution in [3.63, 3.8) is 0 Å². The molecule has 0 aromatic heterocycles. The molecular weight excluding hydrogens is 288 g/mol. The van der Waals surface area contributed by atoms with Crippen molar-refractivity contribution in [1.29, 1.82) is 0 Å². The standard InChI is InChI=1S/C18H14N4O/c1-6-22(7-2)13-8-9-14(12(3)10-13)15-11-16(21-18(15)23)17(19-4)20-5/h1,8-11H,7H2,2-3H3,(H,21,23). The quantitative estimate of drug-likeness (QED) is 0.530. The molecule has 5 nitrogen and oxygen atoms in total. The van der Waals surface area contributed by atoms with Crippen LogP contribution >= 0.6 is 0 Å². The molecule has 0 fully saturated rings. The monoisotopic (exact) mass is 302 g/mol. The summed E-state index contributed by atoms with van der Waals surface area (Å²) in [4.78, 5) is 20.1. The molecule has 1 aromatic carbocycles. The van der Waals surface area contributed by atoms with E-state index in [0.29, 0.717) is 12.1 Å². The number of nitrogens with zero attached hydrogens (tertiary/aromatic N) is 3. The lowest BCUT2D eigenvalue weighted by atomic mass is 10.00. The summed E-state index contributed by atoms with van der Waals surface area (Å²) < 4.78 is 0. The van der Waals surface area contributed by atoms with Crippen LogP contribution in [0.25, 0.3) is 15.3 Å². The summed E-state index contributed by atoms with van der Waals surface area (Å²) in [5, 5.41) is 2.57. The van der Waals surface area contributed by atoms with Crippen molar-refractivity contribution in [2.24, 2.45) is 0 Å². The normalized spacial score (nSPS) is 12.6. The molecule has 0 unspecified atom stereocenters. The predicted octanol–water partition coefficient (Wildman–Crippen LogP) is 2.93. The van der Waals surface area contributed by atoms with Crippen molar-refractivity contribution in [2.45, 2.75) is 13.8 Å². The second-order valence-corrected chi connectivity index (χ2v) is 4.85. The molecule has 112 valence electrons. The number of carbonyl (C=O) groups excluding carboxylic acids is 1. The second-order valence-electron chi connectivity index (χ2n) is 4.85. The first-order chi connectivity index (χ1) is 11.0. The predicted molar refractivity (Wildman–Crippen MR) is 89.4 cm³/mol. The number of amides is 1. The van der Waals surface area contributed by atoms with E-state index in [4.69, 9.17) is 19.6 Å². The van der Waals surface area contributed by atoms with Crippen molar-refractivity contribution in [1.82, 2.24) is 5.32 Å². The smallest absolute Gasteiger partial charge is 0.325 e. The van der Waals surface area contributed by atoms with Gasteiger partial charge in [-0.15, -0.1) is 0 Å². The van der Waals surface area contributed by atoms with Gasteiger partial charge in [-0.25, -0.2) is 0 Å². The highest BCUT2D eigenvalue weighted by molar-refractivity contribution is 6.23. The first-order valence-electron chi connectivity index (χ1n) is 6.92. The van der Waals surface area contributed by atoms with Crippen LogP contribution in [0, 0.1) is 32.5 Å². The van der Waals surface area contributed by atoms with Gasteiger partial charge >= 0.3 is 5.82 Å².